The molecule has 166 valence electrons. The van der Waals surface area contributed by atoms with Gasteiger partial charge in [-0.15, -0.1) is 0 Å². The third kappa shape index (κ3) is 3.48. The molecule has 1 amide bonds. The van der Waals surface area contributed by atoms with Crippen molar-refractivity contribution in [1.29, 1.82) is 0 Å². The summed E-state index contributed by atoms with van der Waals surface area (Å²) in [5.41, 5.74) is 1.49. The van der Waals surface area contributed by atoms with Crippen LogP contribution in [0.2, 0.25) is 0 Å². The lowest BCUT2D eigenvalue weighted by molar-refractivity contribution is 0.0531. The average molecular weight is 525 g/mol. The van der Waals surface area contributed by atoms with E-state index in [1.165, 1.54) is 4.90 Å². The fraction of sp³-hybridized carbons (Fsp3) is 0.167. The molecule has 1 unspecified atom stereocenters. The van der Waals surface area contributed by atoms with Crippen molar-refractivity contribution in [3.63, 3.8) is 0 Å². The lowest BCUT2D eigenvalue weighted by Crippen LogP contribution is -2.29. The summed E-state index contributed by atoms with van der Waals surface area (Å²) in [6.45, 7) is 3.64. The van der Waals surface area contributed by atoms with E-state index < -0.39 is 17.9 Å². The minimum Gasteiger partial charge on any atom is -0.462 e. The van der Waals surface area contributed by atoms with Gasteiger partial charge in [0.25, 0.3) is 5.91 Å². The number of nitrogens with zero attached hydrogens (tertiary/aromatic N) is 2. The van der Waals surface area contributed by atoms with E-state index in [1.54, 1.807) is 38.1 Å². The Morgan fingerprint density at radius 1 is 1.21 bits per heavy atom. The second kappa shape index (κ2) is 8.24. The highest BCUT2D eigenvalue weighted by molar-refractivity contribution is 9.10. The van der Waals surface area contributed by atoms with Crippen molar-refractivity contribution in [2.45, 2.75) is 19.9 Å². The van der Waals surface area contributed by atoms with Crippen LogP contribution in [-0.2, 0) is 4.74 Å². The SMILES string of the molecule is CCOC(=O)c1sc(N2C(=O)c3oc4ccccc4c(=O)c3C2c2cccc(Br)c2)nc1C. The van der Waals surface area contributed by atoms with Gasteiger partial charge in [0.05, 0.1) is 29.3 Å². The zero-order valence-corrected chi connectivity index (χ0v) is 20.0. The highest BCUT2D eigenvalue weighted by Gasteiger charge is 2.45. The van der Waals surface area contributed by atoms with Gasteiger partial charge in [-0.1, -0.05) is 51.5 Å². The molecule has 0 saturated carbocycles. The first-order chi connectivity index (χ1) is 15.9. The predicted molar refractivity (Wildman–Crippen MR) is 128 cm³/mol. The molecular formula is C24H17BrN2O5S. The number of benzene rings is 2. The molecule has 1 aliphatic rings. The second-order valence-electron chi connectivity index (χ2n) is 7.43. The molecule has 0 N–H and O–H groups in total. The van der Waals surface area contributed by atoms with Crippen LogP contribution in [0.25, 0.3) is 11.0 Å². The Hall–Kier alpha value is -3.30. The van der Waals surface area contributed by atoms with Crippen LogP contribution >= 0.6 is 27.3 Å². The number of carbonyl (C=O) groups excluding carboxylic acids is 2. The van der Waals surface area contributed by atoms with Crippen LogP contribution in [0.15, 0.2) is 62.2 Å². The number of aryl methyl sites for hydroxylation is 1. The van der Waals surface area contributed by atoms with Gasteiger partial charge in [-0.3, -0.25) is 14.5 Å². The van der Waals surface area contributed by atoms with E-state index >= 15 is 0 Å². The molecule has 5 rings (SSSR count). The molecule has 0 fully saturated rings. The average Bonchev–Trinajstić information content (AvgIpc) is 3.32. The molecule has 0 radical (unpaired) electrons. The van der Waals surface area contributed by atoms with E-state index in [0.29, 0.717) is 32.2 Å². The van der Waals surface area contributed by atoms with Crippen LogP contribution in [0, 0.1) is 6.92 Å². The van der Waals surface area contributed by atoms with Gasteiger partial charge >= 0.3 is 5.97 Å². The summed E-state index contributed by atoms with van der Waals surface area (Å²) in [6.07, 6.45) is 0. The summed E-state index contributed by atoms with van der Waals surface area (Å²) in [6, 6.07) is 13.5. The van der Waals surface area contributed by atoms with Crippen molar-refractivity contribution < 1.29 is 18.7 Å². The molecule has 0 aliphatic carbocycles. The largest absolute Gasteiger partial charge is 0.462 e. The lowest BCUT2D eigenvalue weighted by Gasteiger charge is -2.22. The van der Waals surface area contributed by atoms with Gasteiger partial charge in [0.1, 0.15) is 10.5 Å². The van der Waals surface area contributed by atoms with E-state index in [-0.39, 0.29) is 23.4 Å². The number of thiazole rings is 1. The highest BCUT2D eigenvalue weighted by atomic mass is 79.9. The smallest absolute Gasteiger partial charge is 0.350 e. The lowest BCUT2D eigenvalue weighted by atomic mass is 9.99. The molecule has 1 atom stereocenters. The van der Waals surface area contributed by atoms with Crippen molar-refractivity contribution in [2.24, 2.45) is 0 Å². The topological polar surface area (TPSA) is 89.7 Å². The van der Waals surface area contributed by atoms with Gasteiger partial charge in [-0.25, -0.2) is 9.78 Å². The Labute approximate surface area is 200 Å². The fourth-order valence-corrected chi connectivity index (χ4v) is 5.38. The molecule has 1 aliphatic heterocycles. The summed E-state index contributed by atoms with van der Waals surface area (Å²) in [7, 11) is 0. The minimum atomic E-state index is -0.758. The van der Waals surface area contributed by atoms with E-state index in [2.05, 4.69) is 20.9 Å². The Morgan fingerprint density at radius 2 is 2.00 bits per heavy atom. The first kappa shape index (κ1) is 21.5. The molecule has 9 heteroatoms. The number of ether oxygens (including phenoxy) is 1. The Balaban J connectivity index is 1.75. The highest BCUT2D eigenvalue weighted by Crippen LogP contribution is 2.43. The molecule has 0 saturated heterocycles. The number of hydrogen-bond donors (Lipinski definition) is 0. The van der Waals surface area contributed by atoms with Crippen LogP contribution < -0.4 is 10.3 Å². The maximum atomic E-state index is 13.6. The summed E-state index contributed by atoms with van der Waals surface area (Å²) in [5.74, 6) is -1.00. The molecule has 0 bridgehead atoms. The van der Waals surface area contributed by atoms with Gasteiger partial charge in [-0.2, -0.15) is 0 Å². The molecule has 2 aromatic carbocycles. The van der Waals surface area contributed by atoms with Crippen molar-refractivity contribution in [3.05, 3.63) is 90.7 Å². The number of hydrogen-bond acceptors (Lipinski definition) is 7. The number of carbonyl (C=O) groups is 2. The first-order valence-corrected chi connectivity index (χ1v) is 11.8. The number of amides is 1. The third-order valence-corrected chi connectivity index (χ3v) is 7.02. The van der Waals surface area contributed by atoms with Crippen LogP contribution in [0.1, 0.15) is 50.0 Å². The molecule has 3 heterocycles. The van der Waals surface area contributed by atoms with Crippen molar-refractivity contribution in [2.75, 3.05) is 11.5 Å². The summed E-state index contributed by atoms with van der Waals surface area (Å²) in [5, 5.41) is 0.689. The number of fused-ring (bicyclic) bond motifs is 2. The first-order valence-electron chi connectivity index (χ1n) is 10.2. The third-order valence-electron chi connectivity index (χ3n) is 5.39. The van der Waals surface area contributed by atoms with Crippen molar-refractivity contribution in [1.82, 2.24) is 4.98 Å². The van der Waals surface area contributed by atoms with Gasteiger partial charge in [0, 0.05) is 4.47 Å². The van der Waals surface area contributed by atoms with Crippen molar-refractivity contribution in [3.8, 4) is 0 Å². The minimum absolute atomic E-state index is 0.0192. The van der Waals surface area contributed by atoms with Gasteiger partial charge in [-0.05, 0) is 43.7 Å². The number of anilines is 1. The van der Waals surface area contributed by atoms with Crippen LogP contribution in [0.5, 0.6) is 0 Å². The summed E-state index contributed by atoms with van der Waals surface area (Å²) in [4.78, 5) is 45.8. The van der Waals surface area contributed by atoms with E-state index in [0.717, 1.165) is 15.8 Å². The number of aromatic nitrogens is 1. The monoisotopic (exact) mass is 524 g/mol. The second-order valence-corrected chi connectivity index (χ2v) is 9.33. The Bertz CT molecular complexity index is 1490. The van der Waals surface area contributed by atoms with Crippen LogP contribution in [-0.4, -0.2) is 23.5 Å². The zero-order chi connectivity index (χ0) is 23.3. The van der Waals surface area contributed by atoms with Gasteiger partial charge in [0.15, 0.2) is 10.6 Å². The zero-order valence-electron chi connectivity index (χ0n) is 17.6. The van der Waals surface area contributed by atoms with Gasteiger partial charge < -0.3 is 9.15 Å². The summed E-state index contributed by atoms with van der Waals surface area (Å²) >= 11 is 4.53. The van der Waals surface area contributed by atoms with Gasteiger partial charge in [0.2, 0.25) is 5.76 Å². The van der Waals surface area contributed by atoms with E-state index in [9.17, 15) is 14.4 Å². The van der Waals surface area contributed by atoms with Crippen molar-refractivity contribution >= 4 is 55.2 Å². The van der Waals surface area contributed by atoms with E-state index in [4.69, 9.17) is 9.15 Å². The number of esters is 1. The predicted octanol–water partition coefficient (Wildman–Crippen LogP) is 5.25. The van der Waals surface area contributed by atoms with E-state index in [1.807, 2.05) is 24.3 Å². The number of para-hydroxylation sites is 1. The molecular weight excluding hydrogens is 508 g/mol. The number of halogens is 1. The quantitative estimate of drug-likeness (QED) is 0.339. The molecule has 33 heavy (non-hydrogen) atoms. The van der Waals surface area contributed by atoms with Crippen LogP contribution in [0.3, 0.4) is 0 Å². The number of rotatable bonds is 4. The summed E-state index contributed by atoms with van der Waals surface area (Å²) < 4.78 is 11.9. The normalized spacial score (nSPS) is 15.2. The molecule has 2 aromatic heterocycles. The molecule has 7 nitrogen and oxygen atoms in total. The maximum Gasteiger partial charge on any atom is 0.350 e. The fourth-order valence-electron chi connectivity index (χ4n) is 3.98. The Kier molecular flexibility index (Phi) is 5.38. The molecule has 0 spiro atoms. The standard InChI is InChI=1S/C24H17BrN2O5S/c1-3-31-23(30)21-12(2)26-24(33-21)27-18(13-7-6-8-14(25)11-13)17-19(28)15-9-4-5-10-16(15)32-20(17)22(27)29/h4-11,18H,3H2,1-2H3. The Morgan fingerprint density at radius 3 is 2.76 bits per heavy atom. The maximum absolute atomic E-state index is 13.6. The molecule has 4 aromatic rings. The van der Waals surface area contributed by atoms with Crippen LogP contribution in [0.4, 0.5) is 5.13 Å².